The number of carbonyl (C=O) groups excluding carboxylic acids is 1. The minimum Gasteiger partial charge on any atom is -0.353 e. The lowest BCUT2D eigenvalue weighted by Gasteiger charge is -2.26. The van der Waals surface area contributed by atoms with Crippen LogP contribution in [0.2, 0.25) is 0 Å². The van der Waals surface area contributed by atoms with Crippen molar-refractivity contribution in [2.45, 2.75) is 69.7 Å². The Morgan fingerprint density at radius 1 is 1.20 bits per heavy atom. The predicted octanol–water partition coefficient (Wildman–Crippen LogP) is 4.13. The van der Waals surface area contributed by atoms with Gasteiger partial charge in [-0.2, -0.15) is 0 Å². The molecule has 1 aliphatic carbocycles. The normalized spacial score (nSPS) is 20.3. The van der Waals surface area contributed by atoms with Crippen molar-refractivity contribution in [2.75, 3.05) is 19.8 Å². The Morgan fingerprint density at radius 3 is 2.53 bits per heavy atom. The molecular weight excluding hydrogens is 394 g/mol. The number of amides is 1. The van der Waals surface area contributed by atoms with E-state index in [-0.39, 0.29) is 11.9 Å². The summed E-state index contributed by atoms with van der Waals surface area (Å²) >= 11 is 1.48. The third-order valence-electron chi connectivity index (χ3n) is 5.95. The van der Waals surface area contributed by atoms with Gasteiger partial charge in [0, 0.05) is 6.04 Å². The summed E-state index contributed by atoms with van der Waals surface area (Å²) in [6, 6.07) is 10.9. The molecule has 0 unspecified atom stereocenters. The van der Waals surface area contributed by atoms with E-state index in [1.54, 1.807) is 0 Å². The Balaban J connectivity index is 1.70. The first kappa shape index (κ1) is 22.8. The number of nitrogens with one attached hydrogen (secondary N) is 1. The molecule has 6 nitrogen and oxygen atoms in total. The van der Waals surface area contributed by atoms with Gasteiger partial charge < -0.3 is 9.88 Å². The van der Waals surface area contributed by atoms with Crippen molar-refractivity contribution in [3.05, 3.63) is 41.7 Å². The highest BCUT2D eigenvalue weighted by atomic mass is 32.2. The van der Waals surface area contributed by atoms with Crippen LogP contribution in [0.15, 0.2) is 35.5 Å². The summed E-state index contributed by atoms with van der Waals surface area (Å²) in [4.78, 5) is 14.7. The van der Waals surface area contributed by atoms with Crippen LogP contribution >= 0.6 is 11.8 Å². The molecule has 30 heavy (non-hydrogen) atoms. The predicted molar refractivity (Wildman–Crippen MR) is 123 cm³/mol. The Kier molecular flexibility index (Phi) is 8.33. The molecule has 1 aliphatic rings. The molecule has 1 aromatic heterocycles. The Hall–Kier alpha value is -1.86. The summed E-state index contributed by atoms with van der Waals surface area (Å²) in [7, 11) is 4.14. The molecule has 0 spiro atoms. The van der Waals surface area contributed by atoms with Gasteiger partial charge in [-0.15, -0.1) is 10.2 Å². The van der Waals surface area contributed by atoms with Crippen LogP contribution in [0.3, 0.4) is 0 Å². The lowest BCUT2D eigenvalue weighted by atomic mass is 9.87. The molecule has 2 aromatic rings. The van der Waals surface area contributed by atoms with Gasteiger partial charge >= 0.3 is 0 Å². The number of hydrogen-bond acceptors (Lipinski definition) is 5. The van der Waals surface area contributed by atoms with Gasteiger partial charge in [-0.05, 0) is 57.7 Å². The molecule has 164 valence electrons. The van der Waals surface area contributed by atoms with E-state index in [4.69, 9.17) is 0 Å². The monoisotopic (exact) mass is 429 g/mol. The molecule has 1 fully saturated rings. The summed E-state index contributed by atoms with van der Waals surface area (Å²) in [6.07, 6.45) is 5.54. The maximum atomic E-state index is 12.5. The second-order valence-corrected chi connectivity index (χ2v) is 9.56. The molecule has 1 heterocycles. The molecule has 1 saturated carbocycles. The first-order valence-corrected chi connectivity index (χ1v) is 12.0. The number of benzene rings is 1. The van der Waals surface area contributed by atoms with Crippen molar-refractivity contribution in [3.63, 3.8) is 0 Å². The molecule has 0 bridgehead atoms. The largest absolute Gasteiger partial charge is 0.353 e. The molecule has 1 aromatic carbocycles. The lowest BCUT2D eigenvalue weighted by Crippen LogP contribution is -2.38. The minimum atomic E-state index is 0.0926. The van der Waals surface area contributed by atoms with Gasteiger partial charge in [-0.25, -0.2) is 0 Å². The van der Waals surface area contributed by atoms with E-state index in [1.165, 1.54) is 30.2 Å². The van der Waals surface area contributed by atoms with Crippen molar-refractivity contribution in [3.8, 4) is 0 Å². The molecule has 1 N–H and O–H groups in total. The van der Waals surface area contributed by atoms with E-state index >= 15 is 0 Å². The van der Waals surface area contributed by atoms with Crippen LogP contribution in [0.25, 0.3) is 0 Å². The number of aromatic nitrogens is 3. The molecule has 1 atom stereocenters. The highest BCUT2D eigenvalue weighted by molar-refractivity contribution is 7.99. The van der Waals surface area contributed by atoms with Crippen LogP contribution < -0.4 is 5.32 Å². The third-order valence-corrected chi connectivity index (χ3v) is 6.92. The van der Waals surface area contributed by atoms with Gasteiger partial charge in [0.15, 0.2) is 11.0 Å². The zero-order valence-corrected chi connectivity index (χ0v) is 19.5. The van der Waals surface area contributed by atoms with E-state index < -0.39 is 0 Å². The number of nitrogens with zero attached hydrogens (tertiary/aromatic N) is 4. The van der Waals surface area contributed by atoms with Crippen molar-refractivity contribution in [2.24, 2.45) is 5.92 Å². The van der Waals surface area contributed by atoms with Gasteiger partial charge in [0.05, 0.1) is 18.3 Å². The third kappa shape index (κ3) is 6.08. The van der Waals surface area contributed by atoms with Crippen LogP contribution in [-0.2, 0) is 11.3 Å². The topological polar surface area (TPSA) is 63.1 Å². The molecular formula is C23H35N5OS. The molecule has 0 saturated heterocycles. The second-order valence-electron chi connectivity index (χ2n) is 8.61. The molecule has 0 aliphatic heterocycles. The standard InChI is InChI=1S/C23H35N5OS/c1-5-20(27(3)4)22-25-26-23(28(22)15-18-9-7-6-8-10-18)30-16-21(29)24-19-13-11-17(2)12-14-19/h6-10,17,19-20H,5,11-16H2,1-4H3,(H,24,29)/t17?,19?,20-/m0/s1. The highest BCUT2D eigenvalue weighted by Gasteiger charge is 2.24. The van der Waals surface area contributed by atoms with E-state index in [0.29, 0.717) is 18.3 Å². The van der Waals surface area contributed by atoms with Gasteiger partial charge in [0.25, 0.3) is 0 Å². The van der Waals surface area contributed by atoms with Gasteiger partial charge in [-0.1, -0.05) is 55.9 Å². The van der Waals surface area contributed by atoms with E-state index in [9.17, 15) is 4.79 Å². The number of rotatable bonds is 9. The summed E-state index contributed by atoms with van der Waals surface area (Å²) in [6.45, 7) is 5.16. The Morgan fingerprint density at radius 2 is 1.90 bits per heavy atom. The Labute approximate surface area is 184 Å². The second kappa shape index (κ2) is 11.0. The van der Waals surface area contributed by atoms with E-state index in [2.05, 4.69) is 65.1 Å². The van der Waals surface area contributed by atoms with E-state index in [0.717, 1.165) is 36.2 Å². The van der Waals surface area contributed by atoms with Gasteiger partial charge in [0.1, 0.15) is 0 Å². The fourth-order valence-electron chi connectivity index (χ4n) is 4.15. The number of hydrogen-bond donors (Lipinski definition) is 1. The van der Waals surface area contributed by atoms with Crippen molar-refractivity contribution in [1.82, 2.24) is 25.0 Å². The van der Waals surface area contributed by atoms with Crippen LogP contribution in [-0.4, -0.2) is 51.5 Å². The fourth-order valence-corrected chi connectivity index (χ4v) is 4.91. The zero-order chi connectivity index (χ0) is 21.5. The van der Waals surface area contributed by atoms with Crippen LogP contribution in [0, 0.1) is 5.92 Å². The zero-order valence-electron chi connectivity index (χ0n) is 18.7. The van der Waals surface area contributed by atoms with Crippen LogP contribution in [0.4, 0.5) is 0 Å². The lowest BCUT2D eigenvalue weighted by molar-refractivity contribution is -0.119. The summed E-state index contributed by atoms with van der Waals surface area (Å²) in [5.74, 6) is 2.20. The Bertz CT molecular complexity index is 799. The van der Waals surface area contributed by atoms with Gasteiger partial charge in [0.2, 0.25) is 5.91 Å². The maximum absolute atomic E-state index is 12.5. The first-order chi connectivity index (χ1) is 14.5. The van der Waals surface area contributed by atoms with Crippen LogP contribution in [0.5, 0.6) is 0 Å². The number of thioether (sulfide) groups is 1. The summed E-state index contributed by atoms with van der Waals surface area (Å²) in [5.41, 5.74) is 1.20. The molecule has 3 rings (SSSR count). The van der Waals surface area contributed by atoms with Crippen molar-refractivity contribution >= 4 is 17.7 Å². The fraction of sp³-hybridized carbons (Fsp3) is 0.609. The smallest absolute Gasteiger partial charge is 0.230 e. The summed E-state index contributed by atoms with van der Waals surface area (Å²) < 4.78 is 2.17. The SMILES string of the molecule is CC[C@@H](c1nnc(SCC(=O)NC2CCC(C)CC2)n1Cc1ccccc1)N(C)C. The minimum absolute atomic E-state index is 0.0926. The summed E-state index contributed by atoms with van der Waals surface area (Å²) in [5, 5.41) is 13.0. The van der Waals surface area contributed by atoms with Crippen LogP contribution in [0.1, 0.15) is 63.4 Å². The first-order valence-electron chi connectivity index (χ1n) is 11.0. The quantitative estimate of drug-likeness (QED) is 0.608. The molecule has 7 heteroatoms. The van der Waals surface area contributed by atoms with Gasteiger partial charge in [-0.3, -0.25) is 9.69 Å². The highest BCUT2D eigenvalue weighted by Crippen LogP contribution is 2.27. The molecule has 0 radical (unpaired) electrons. The average molecular weight is 430 g/mol. The molecule has 1 amide bonds. The van der Waals surface area contributed by atoms with E-state index in [1.807, 2.05) is 18.2 Å². The number of carbonyl (C=O) groups is 1. The maximum Gasteiger partial charge on any atom is 0.230 e. The van der Waals surface area contributed by atoms with Crippen molar-refractivity contribution in [1.29, 1.82) is 0 Å². The average Bonchev–Trinajstić information content (AvgIpc) is 3.11. The van der Waals surface area contributed by atoms with Crippen molar-refractivity contribution < 1.29 is 4.79 Å².